The molecule has 3 amide bonds. The minimum Gasteiger partial charge on any atom is -0.464 e. The van der Waals surface area contributed by atoms with Crippen LogP contribution in [0.3, 0.4) is 0 Å². The van der Waals surface area contributed by atoms with Crippen molar-refractivity contribution in [2.75, 3.05) is 31.6 Å². The molecule has 3 N–H and O–H groups in total. The van der Waals surface area contributed by atoms with Crippen molar-refractivity contribution in [1.82, 2.24) is 10.6 Å². The van der Waals surface area contributed by atoms with E-state index in [2.05, 4.69) is 25.4 Å². The van der Waals surface area contributed by atoms with E-state index in [1.54, 1.807) is 22.6 Å². The monoisotopic (exact) mass is 593 g/mol. The predicted molar refractivity (Wildman–Crippen MR) is 119 cm³/mol. The molecule has 0 heterocycles. The minimum atomic E-state index is -0.952. The second-order valence-corrected chi connectivity index (χ2v) is 7.21. The first-order valence-corrected chi connectivity index (χ1v) is 10.4. The van der Waals surface area contributed by atoms with Crippen molar-refractivity contribution >= 4 is 72.4 Å². The predicted octanol–water partition coefficient (Wildman–Crippen LogP) is -1.25. The summed E-state index contributed by atoms with van der Waals surface area (Å²) >= 11 is 1.79. The van der Waals surface area contributed by atoms with Gasteiger partial charge in [-0.1, -0.05) is 0 Å². The highest BCUT2D eigenvalue weighted by atomic mass is 127. The molecule has 0 aliphatic carbocycles. The lowest BCUT2D eigenvalue weighted by molar-refractivity contribution is -0.142. The summed E-state index contributed by atoms with van der Waals surface area (Å²) in [6, 6.07) is 2.56. The van der Waals surface area contributed by atoms with Crippen LogP contribution in [0.5, 0.6) is 0 Å². The summed E-state index contributed by atoms with van der Waals surface area (Å²) in [7, 11) is 0. The number of ether oxygens (including phenoxy) is 4. The van der Waals surface area contributed by atoms with Crippen LogP contribution >= 0.6 is 22.6 Å². The van der Waals surface area contributed by atoms with Crippen LogP contribution in [-0.2, 0) is 42.9 Å². The zero-order valence-electron chi connectivity index (χ0n) is 17.4. The van der Waals surface area contributed by atoms with Crippen LogP contribution in [0.4, 0.5) is 5.69 Å². The highest BCUT2D eigenvalue weighted by Gasteiger charge is 2.21. The van der Waals surface area contributed by atoms with Crippen molar-refractivity contribution in [3.8, 4) is 0 Å². The zero-order valence-corrected chi connectivity index (χ0v) is 19.6. The molecule has 0 saturated heterocycles. The Morgan fingerprint density at radius 2 is 1.35 bits per heavy atom. The summed E-state index contributed by atoms with van der Waals surface area (Å²) in [5, 5.41) is 7.32. The molecule has 0 radical (unpaired) electrons. The van der Waals surface area contributed by atoms with Gasteiger partial charge in [-0.25, -0.2) is 0 Å². The van der Waals surface area contributed by atoms with Crippen LogP contribution in [-0.4, -0.2) is 82.6 Å². The molecule has 15 heteroatoms. The number of amides is 3. The van der Waals surface area contributed by atoms with Gasteiger partial charge in [0.15, 0.2) is 12.2 Å². The molecule has 0 spiro atoms. The Morgan fingerprint density at radius 1 is 0.824 bits per heavy atom. The molecule has 0 bridgehead atoms. The van der Waals surface area contributed by atoms with E-state index in [1.807, 2.05) is 0 Å². The van der Waals surface area contributed by atoms with Crippen LogP contribution in [0.2, 0.25) is 0 Å². The van der Waals surface area contributed by atoms with Gasteiger partial charge in [-0.3, -0.25) is 33.6 Å². The van der Waals surface area contributed by atoms with Crippen molar-refractivity contribution in [2.24, 2.45) is 0 Å². The number of nitrogens with one attached hydrogen (secondary N) is 3. The van der Waals surface area contributed by atoms with Gasteiger partial charge in [0.05, 0.1) is 24.3 Å². The van der Waals surface area contributed by atoms with E-state index in [4.69, 9.17) is 9.47 Å². The summed E-state index contributed by atoms with van der Waals surface area (Å²) in [6.45, 7) is -0.440. The number of rotatable bonds is 18. The molecule has 184 valence electrons. The van der Waals surface area contributed by atoms with Crippen molar-refractivity contribution in [3.05, 3.63) is 26.8 Å². The number of benzene rings is 1. The number of hydrogen-bond donors (Lipinski definition) is 3. The van der Waals surface area contributed by atoms with Crippen LogP contribution in [0.1, 0.15) is 20.7 Å². The quantitative estimate of drug-likeness (QED) is 0.105. The first kappa shape index (κ1) is 28.3. The van der Waals surface area contributed by atoms with Crippen molar-refractivity contribution < 1.29 is 52.5 Å². The topological polar surface area (TPSA) is 192 Å². The fourth-order valence-corrected chi connectivity index (χ4v) is 3.15. The summed E-state index contributed by atoms with van der Waals surface area (Å²) in [5.41, 5.74) is 0.133. The Labute approximate surface area is 206 Å². The molecule has 0 fully saturated rings. The lowest BCUT2D eigenvalue weighted by atomic mass is 10.1. The number of halogens is 1. The summed E-state index contributed by atoms with van der Waals surface area (Å²) < 4.78 is 18.8. The third-order valence-corrected chi connectivity index (χ3v) is 5.13. The molecule has 0 saturated carbocycles. The fraction of sp³-hybridized carbons (Fsp3) is 0.316. The normalized spacial score (nSPS) is 11.6. The SMILES string of the molecule is O=CNc1cc(C(=O)NCC(COC=O)OC=O)cc(C(=O)NCC(COC=O)OC=O)c1I. The Kier molecular flexibility index (Phi) is 13.3. The maximum Gasteiger partial charge on any atom is 0.293 e. The van der Waals surface area contributed by atoms with Crippen molar-refractivity contribution in [2.45, 2.75) is 12.2 Å². The van der Waals surface area contributed by atoms with Crippen molar-refractivity contribution in [1.29, 1.82) is 0 Å². The average molecular weight is 593 g/mol. The van der Waals surface area contributed by atoms with Gasteiger partial charge in [-0.15, -0.1) is 0 Å². The summed E-state index contributed by atoms with van der Waals surface area (Å²) in [6.07, 6.45) is -1.54. The maximum absolute atomic E-state index is 12.7. The van der Waals surface area contributed by atoms with Crippen LogP contribution in [0, 0.1) is 3.57 Å². The van der Waals surface area contributed by atoms with E-state index in [0.29, 0.717) is 9.98 Å². The van der Waals surface area contributed by atoms with Gasteiger partial charge in [-0.2, -0.15) is 0 Å². The summed E-state index contributed by atoms with van der Waals surface area (Å²) in [5.74, 6) is -1.37. The van der Waals surface area contributed by atoms with Gasteiger partial charge >= 0.3 is 0 Å². The third kappa shape index (κ3) is 9.39. The lowest BCUT2D eigenvalue weighted by Crippen LogP contribution is -2.37. The van der Waals surface area contributed by atoms with E-state index in [9.17, 15) is 33.6 Å². The van der Waals surface area contributed by atoms with E-state index < -0.39 is 24.0 Å². The third-order valence-electron chi connectivity index (χ3n) is 3.97. The van der Waals surface area contributed by atoms with Gasteiger partial charge in [0, 0.05) is 9.13 Å². The fourth-order valence-electron chi connectivity index (χ4n) is 2.44. The van der Waals surface area contributed by atoms with Crippen LogP contribution in [0.15, 0.2) is 12.1 Å². The van der Waals surface area contributed by atoms with Gasteiger partial charge < -0.3 is 34.9 Å². The smallest absolute Gasteiger partial charge is 0.293 e. The standard InChI is InChI=1S/C19H20IN3O11/c20-17-15(19(30)22-4-14(34-11-28)6-32-9-26)1-12(2-16(17)23-7-24)18(29)21-3-13(33-10-27)5-31-8-25/h1-2,7-11,13-14H,3-6H2,(H,21,29)(H,22,30)(H,23,24). The maximum atomic E-state index is 12.7. The Bertz CT molecular complexity index is 896. The largest absolute Gasteiger partial charge is 0.464 e. The summed E-state index contributed by atoms with van der Waals surface area (Å²) in [4.78, 5) is 78.1. The first-order valence-electron chi connectivity index (χ1n) is 9.30. The first-order chi connectivity index (χ1) is 16.4. The lowest BCUT2D eigenvalue weighted by Gasteiger charge is -2.17. The molecule has 14 nitrogen and oxygen atoms in total. The number of carbonyl (C=O) groups is 7. The van der Waals surface area contributed by atoms with E-state index in [0.717, 1.165) is 0 Å². The van der Waals surface area contributed by atoms with E-state index in [1.165, 1.54) is 12.1 Å². The Balaban J connectivity index is 3.04. The highest BCUT2D eigenvalue weighted by molar-refractivity contribution is 14.1. The van der Waals surface area contributed by atoms with Crippen LogP contribution in [0.25, 0.3) is 0 Å². The number of anilines is 1. The minimum absolute atomic E-state index is 0.00346. The van der Waals surface area contributed by atoms with Gasteiger partial charge in [-0.05, 0) is 34.7 Å². The second kappa shape index (κ2) is 15.9. The molecule has 2 unspecified atom stereocenters. The molecule has 34 heavy (non-hydrogen) atoms. The van der Waals surface area contributed by atoms with E-state index in [-0.39, 0.29) is 69.0 Å². The second-order valence-electron chi connectivity index (χ2n) is 6.14. The molecule has 0 aromatic heterocycles. The van der Waals surface area contributed by atoms with Gasteiger partial charge in [0.25, 0.3) is 37.7 Å². The Morgan fingerprint density at radius 3 is 1.82 bits per heavy atom. The average Bonchev–Trinajstić information content (AvgIpc) is 2.83. The highest BCUT2D eigenvalue weighted by Crippen LogP contribution is 2.24. The molecule has 1 aromatic rings. The molecule has 1 aromatic carbocycles. The zero-order chi connectivity index (χ0) is 25.3. The van der Waals surface area contributed by atoms with Gasteiger partial charge in [0.1, 0.15) is 13.2 Å². The van der Waals surface area contributed by atoms with Gasteiger partial charge in [0.2, 0.25) is 6.41 Å². The molecular weight excluding hydrogens is 573 g/mol. The molecule has 2 atom stereocenters. The molecule has 0 aliphatic heterocycles. The number of hydrogen-bond acceptors (Lipinski definition) is 11. The molecule has 0 aliphatic rings. The molecular formula is C19H20IN3O11. The Hall–Kier alpha value is -3.76. The number of carbonyl (C=O) groups excluding carboxylic acids is 7. The van der Waals surface area contributed by atoms with E-state index >= 15 is 0 Å². The van der Waals surface area contributed by atoms with Crippen LogP contribution < -0.4 is 16.0 Å². The molecule has 1 rings (SSSR count). The van der Waals surface area contributed by atoms with Crippen molar-refractivity contribution in [3.63, 3.8) is 0 Å².